The summed E-state index contributed by atoms with van der Waals surface area (Å²) in [6, 6.07) is 17.2. The molecule has 0 spiro atoms. The molecule has 0 radical (unpaired) electrons. The summed E-state index contributed by atoms with van der Waals surface area (Å²) in [6.07, 6.45) is 1.46. The van der Waals surface area contributed by atoms with Gasteiger partial charge in [0.1, 0.15) is 11.8 Å². The second-order valence-corrected chi connectivity index (χ2v) is 8.36. The number of aryl methyl sites for hydroxylation is 1. The molecule has 164 valence electrons. The summed E-state index contributed by atoms with van der Waals surface area (Å²) >= 11 is 0. The van der Waals surface area contributed by atoms with Crippen LogP contribution in [0.4, 0.5) is 5.69 Å². The van der Waals surface area contributed by atoms with E-state index in [-0.39, 0.29) is 24.8 Å². The van der Waals surface area contributed by atoms with Crippen LogP contribution >= 0.6 is 0 Å². The number of furan rings is 1. The summed E-state index contributed by atoms with van der Waals surface area (Å²) in [5.74, 6) is -0.132. The molecule has 0 N–H and O–H groups in total. The lowest BCUT2D eigenvalue weighted by Crippen LogP contribution is -2.45. The van der Waals surface area contributed by atoms with E-state index in [0.29, 0.717) is 22.9 Å². The van der Waals surface area contributed by atoms with Crippen molar-refractivity contribution in [1.82, 2.24) is 4.90 Å². The quantitative estimate of drug-likeness (QED) is 0.532. The van der Waals surface area contributed by atoms with E-state index in [1.165, 1.54) is 16.1 Å². The Morgan fingerprint density at radius 2 is 1.78 bits per heavy atom. The van der Waals surface area contributed by atoms with Crippen LogP contribution in [-0.4, -0.2) is 28.7 Å². The first-order valence-electron chi connectivity index (χ1n) is 10.7. The topological polar surface area (TPSA) is 70.8 Å². The van der Waals surface area contributed by atoms with Crippen molar-refractivity contribution >= 4 is 23.4 Å². The van der Waals surface area contributed by atoms with Gasteiger partial charge in [0.05, 0.1) is 24.9 Å². The molecule has 1 aromatic heterocycles. The van der Waals surface area contributed by atoms with E-state index in [1.807, 2.05) is 31.2 Å². The van der Waals surface area contributed by atoms with Gasteiger partial charge < -0.3 is 9.32 Å². The van der Waals surface area contributed by atoms with Gasteiger partial charge in [-0.25, -0.2) is 4.90 Å². The number of benzene rings is 2. The van der Waals surface area contributed by atoms with E-state index < -0.39 is 11.9 Å². The minimum atomic E-state index is -0.899. The zero-order valence-electron chi connectivity index (χ0n) is 18.4. The normalized spacial score (nSPS) is 16.1. The molecule has 3 amide bonds. The number of carbonyl (C=O) groups excluding carboxylic acids is 3. The smallest absolute Gasteiger partial charge is 0.257 e. The van der Waals surface area contributed by atoms with Gasteiger partial charge in [-0.2, -0.15) is 0 Å². The predicted octanol–water partition coefficient (Wildman–Crippen LogP) is 4.69. The fourth-order valence-electron chi connectivity index (χ4n) is 4.00. The van der Waals surface area contributed by atoms with Gasteiger partial charge in [0, 0.05) is 5.56 Å². The highest BCUT2D eigenvalue weighted by Crippen LogP contribution is 2.29. The molecular formula is C26H26N2O4. The summed E-state index contributed by atoms with van der Waals surface area (Å²) < 4.78 is 5.45. The first kappa shape index (κ1) is 21.6. The first-order chi connectivity index (χ1) is 15.4. The number of imide groups is 1. The van der Waals surface area contributed by atoms with Crippen molar-refractivity contribution in [1.29, 1.82) is 0 Å². The molecule has 1 unspecified atom stereocenters. The summed E-state index contributed by atoms with van der Waals surface area (Å²) in [5.41, 5.74) is 2.95. The van der Waals surface area contributed by atoms with Crippen LogP contribution in [0.5, 0.6) is 0 Å². The largest absolute Gasteiger partial charge is 0.467 e. The molecule has 2 aromatic carbocycles. The maximum atomic E-state index is 13.5. The summed E-state index contributed by atoms with van der Waals surface area (Å²) in [6.45, 7) is 6.12. The SMILES string of the molecule is Cc1ccccc1C(=O)N(Cc1ccco1)C1CC(=O)N(c2ccc(C(C)C)cc2)C1=O. The number of rotatable bonds is 6. The Bertz CT molecular complexity index is 1130. The van der Waals surface area contributed by atoms with E-state index in [1.54, 1.807) is 36.4 Å². The van der Waals surface area contributed by atoms with Gasteiger partial charge in [-0.3, -0.25) is 14.4 Å². The number of carbonyl (C=O) groups is 3. The second kappa shape index (κ2) is 8.83. The molecule has 2 heterocycles. The molecule has 1 aliphatic rings. The standard InChI is InChI=1S/C26H26N2O4/c1-17(2)19-10-12-20(13-11-19)28-24(29)15-23(26(28)31)27(16-21-8-6-14-32-21)25(30)22-9-5-4-7-18(22)3/h4-14,17,23H,15-16H2,1-3H3. The molecule has 1 fully saturated rings. The zero-order valence-corrected chi connectivity index (χ0v) is 18.4. The number of anilines is 1. The molecule has 0 aliphatic carbocycles. The van der Waals surface area contributed by atoms with Crippen LogP contribution in [0.3, 0.4) is 0 Å². The van der Waals surface area contributed by atoms with Crippen LogP contribution < -0.4 is 4.90 Å². The van der Waals surface area contributed by atoms with Gasteiger partial charge in [0.25, 0.3) is 11.8 Å². The number of nitrogens with zero attached hydrogens (tertiary/aromatic N) is 2. The lowest BCUT2D eigenvalue weighted by Gasteiger charge is -2.27. The third kappa shape index (κ3) is 4.08. The molecule has 4 rings (SSSR count). The van der Waals surface area contributed by atoms with E-state index in [2.05, 4.69) is 13.8 Å². The summed E-state index contributed by atoms with van der Waals surface area (Å²) in [7, 11) is 0. The molecule has 32 heavy (non-hydrogen) atoms. The van der Waals surface area contributed by atoms with E-state index >= 15 is 0 Å². The molecule has 3 aromatic rings. The van der Waals surface area contributed by atoms with Crippen LogP contribution in [0.15, 0.2) is 71.3 Å². The Morgan fingerprint density at radius 3 is 2.41 bits per heavy atom. The Kier molecular flexibility index (Phi) is 5.95. The Morgan fingerprint density at radius 1 is 1.06 bits per heavy atom. The van der Waals surface area contributed by atoms with Crippen molar-refractivity contribution in [2.45, 2.75) is 45.7 Å². The van der Waals surface area contributed by atoms with Crippen LogP contribution in [-0.2, 0) is 16.1 Å². The van der Waals surface area contributed by atoms with Gasteiger partial charge in [0.2, 0.25) is 5.91 Å². The summed E-state index contributed by atoms with van der Waals surface area (Å²) in [4.78, 5) is 42.4. The predicted molar refractivity (Wildman–Crippen MR) is 121 cm³/mol. The van der Waals surface area contributed by atoms with E-state index in [4.69, 9.17) is 4.42 Å². The maximum absolute atomic E-state index is 13.5. The van der Waals surface area contributed by atoms with Crippen molar-refractivity contribution in [2.24, 2.45) is 0 Å². The van der Waals surface area contributed by atoms with E-state index in [9.17, 15) is 14.4 Å². The Hall–Kier alpha value is -3.67. The van der Waals surface area contributed by atoms with E-state index in [0.717, 1.165) is 11.1 Å². The molecule has 1 saturated heterocycles. The Labute approximate surface area is 187 Å². The zero-order chi connectivity index (χ0) is 22.8. The minimum Gasteiger partial charge on any atom is -0.467 e. The van der Waals surface area contributed by atoms with Crippen molar-refractivity contribution < 1.29 is 18.8 Å². The average molecular weight is 431 g/mol. The highest BCUT2D eigenvalue weighted by atomic mass is 16.3. The maximum Gasteiger partial charge on any atom is 0.257 e. The lowest BCUT2D eigenvalue weighted by molar-refractivity contribution is -0.122. The van der Waals surface area contributed by atoms with Gasteiger partial charge in [-0.15, -0.1) is 0 Å². The molecule has 0 bridgehead atoms. The Balaban J connectivity index is 1.66. The molecule has 1 aliphatic heterocycles. The van der Waals surface area contributed by atoms with Crippen LogP contribution in [0, 0.1) is 6.92 Å². The second-order valence-electron chi connectivity index (χ2n) is 8.36. The van der Waals surface area contributed by atoms with Crippen molar-refractivity contribution in [3.05, 3.63) is 89.4 Å². The van der Waals surface area contributed by atoms with Gasteiger partial charge in [0.15, 0.2) is 0 Å². The van der Waals surface area contributed by atoms with Crippen LogP contribution in [0.25, 0.3) is 0 Å². The van der Waals surface area contributed by atoms with Gasteiger partial charge >= 0.3 is 0 Å². The van der Waals surface area contributed by atoms with Gasteiger partial charge in [-0.05, 0) is 54.3 Å². The van der Waals surface area contributed by atoms with Crippen LogP contribution in [0.2, 0.25) is 0 Å². The lowest BCUT2D eigenvalue weighted by atomic mass is 10.0. The first-order valence-corrected chi connectivity index (χ1v) is 10.7. The molecule has 1 atom stereocenters. The molecule has 6 nitrogen and oxygen atoms in total. The van der Waals surface area contributed by atoms with Crippen LogP contribution in [0.1, 0.15) is 53.4 Å². The van der Waals surface area contributed by atoms with Crippen molar-refractivity contribution in [2.75, 3.05) is 4.90 Å². The number of amides is 3. The van der Waals surface area contributed by atoms with Crippen molar-refractivity contribution in [3.63, 3.8) is 0 Å². The molecule has 0 saturated carbocycles. The average Bonchev–Trinajstić information content (AvgIpc) is 3.39. The van der Waals surface area contributed by atoms with Crippen molar-refractivity contribution in [3.8, 4) is 0 Å². The monoisotopic (exact) mass is 430 g/mol. The van der Waals surface area contributed by atoms with Gasteiger partial charge in [-0.1, -0.05) is 44.2 Å². The fraction of sp³-hybridized carbons (Fsp3) is 0.269. The third-order valence-electron chi connectivity index (χ3n) is 5.86. The third-order valence-corrected chi connectivity index (χ3v) is 5.86. The fourth-order valence-corrected chi connectivity index (χ4v) is 4.00. The molecule has 6 heteroatoms. The number of hydrogen-bond acceptors (Lipinski definition) is 4. The highest BCUT2D eigenvalue weighted by Gasteiger charge is 2.45. The summed E-state index contributed by atoms with van der Waals surface area (Å²) in [5, 5.41) is 0. The number of hydrogen-bond donors (Lipinski definition) is 0. The molecular weight excluding hydrogens is 404 g/mol. The highest BCUT2D eigenvalue weighted by molar-refractivity contribution is 6.23. The minimum absolute atomic E-state index is 0.0664.